The van der Waals surface area contributed by atoms with Gasteiger partial charge in [0.1, 0.15) is 0 Å². The fraction of sp³-hybridized carbons (Fsp3) is 0. The van der Waals surface area contributed by atoms with Crippen LogP contribution in [-0.2, 0) is 0 Å². The third-order valence-corrected chi connectivity index (χ3v) is 4.23. The number of rotatable bonds is 4. The van der Waals surface area contributed by atoms with Gasteiger partial charge in [0.25, 0.3) is 5.69 Å². The van der Waals surface area contributed by atoms with Crippen LogP contribution in [-0.4, -0.2) is 11.0 Å². The highest BCUT2D eigenvalue weighted by Gasteiger charge is 2.11. The number of amides is 2. The van der Waals surface area contributed by atoms with Crippen LogP contribution in [0.1, 0.15) is 10.4 Å². The number of anilines is 2. The molecular weight excluding hydrogens is 383 g/mol. The van der Waals surface area contributed by atoms with Crippen LogP contribution < -0.4 is 16.2 Å². The Bertz CT molecular complexity index is 1070. The zero-order valence-corrected chi connectivity index (χ0v) is 15.0. The number of nitro benzene ring substituents is 1. The number of nitrogens with one attached hydrogen (secondary N) is 3. The van der Waals surface area contributed by atoms with Gasteiger partial charge in [0.2, 0.25) is 0 Å². The number of hydrazine groups is 1. The van der Waals surface area contributed by atoms with Crippen molar-refractivity contribution in [2.24, 2.45) is 0 Å². The molecule has 0 fully saturated rings. The van der Waals surface area contributed by atoms with Gasteiger partial charge in [0.15, 0.2) is 5.82 Å². The Labute approximate surface area is 163 Å². The molecule has 7 nitrogen and oxygen atoms in total. The maximum absolute atomic E-state index is 13.8. The first-order valence-corrected chi connectivity index (χ1v) is 8.82. The number of hydrogen-bond donors (Lipinski definition) is 3. The first kappa shape index (κ1) is 18.9. The second-order valence-electron chi connectivity index (χ2n) is 5.43. The molecule has 3 rings (SSSR count). The predicted molar refractivity (Wildman–Crippen MR) is 106 cm³/mol. The van der Waals surface area contributed by atoms with E-state index in [0.29, 0.717) is 5.69 Å². The van der Waals surface area contributed by atoms with Crippen molar-refractivity contribution in [3.8, 4) is 11.8 Å². The Morgan fingerprint density at radius 1 is 1.11 bits per heavy atom. The van der Waals surface area contributed by atoms with Gasteiger partial charge in [0, 0.05) is 17.3 Å². The van der Waals surface area contributed by atoms with E-state index in [1.807, 2.05) is 23.6 Å². The molecule has 9 heteroatoms. The lowest BCUT2D eigenvalue weighted by molar-refractivity contribution is -0.385. The van der Waals surface area contributed by atoms with Gasteiger partial charge in [-0.1, -0.05) is 24.0 Å². The minimum Gasteiger partial charge on any atom is -0.307 e. The Morgan fingerprint density at radius 3 is 2.68 bits per heavy atom. The molecule has 0 saturated heterocycles. The molecule has 0 atom stereocenters. The summed E-state index contributed by atoms with van der Waals surface area (Å²) in [5.41, 5.74) is 5.38. The Hall–Kier alpha value is -3.90. The van der Waals surface area contributed by atoms with E-state index in [1.54, 1.807) is 18.2 Å². The number of carbonyl (C=O) groups excluding carboxylic acids is 1. The molecule has 2 aromatic carbocycles. The lowest BCUT2D eigenvalue weighted by atomic mass is 10.2. The van der Waals surface area contributed by atoms with E-state index in [9.17, 15) is 19.3 Å². The van der Waals surface area contributed by atoms with E-state index in [1.165, 1.54) is 11.3 Å². The van der Waals surface area contributed by atoms with E-state index in [-0.39, 0.29) is 11.4 Å². The van der Waals surface area contributed by atoms with Gasteiger partial charge in [0.05, 0.1) is 21.6 Å². The summed E-state index contributed by atoms with van der Waals surface area (Å²) in [5, 5.41) is 15.1. The summed E-state index contributed by atoms with van der Waals surface area (Å²) in [4.78, 5) is 22.8. The topological polar surface area (TPSA) is 96.3 Å². The van der Waals surface area contributed by atoms with Crippen molar-refractivity contribution >= 4 is 34.4 Å². The molecule has 140 valence electrons. The first-order valence-electron chi connectivity index (χ1n) is 7.94. The Balaban J connectivity index is 1.59. The SMILES string of the molecule is O=C(NNc1ccc([N+](=O)[O-])cc1F)Nc1cccc(C#Cc2cccs2)c1. The van der Waals surface area contributed by atoms with E-state index in [2.05, 4.69) is 28.0 Å². The summed E-state index contributed by atoms with van der Waals surface area (Å²) in [6.07, 6.45) is 0. The van der Waals surface area contributed by atoms with Crippen molar-refractivity contribution in [1.29, 1.82) is 0 Å². The molecule has 0 radical (unpaired) electrons. The number of urea groups is 1. The number of non-ortho nitro benzene ring substituents is 1. The smallest absolute Gasteiger partial charge is 0.307 e. The highest BCUT2D eigenvalue weighted by molar-refractivity contribution is 7.10. The molecule has 28 heavy (non-hydrogen) atoms. The molecule has 0 unspecified atom stereocenters. The van der Waals surface area contributed by atoms with Crippen LogP contribution in [0.5, 0.6) is 0 Å². The summed E-state index contributed by atoms with van der Waals surface area (Å²) in [5.74, 6) is 5.17. The maximum atomic E-state index is 13.8. The van der Waals surface area contributed by atoms with E-state index < -0.39 is 16.8 Å². The van der Waals surface area contributed by atoms with Gasteiger partial charge in [-0.3, -0.25) is 21.0 Å². The molecule has 0 aliphatic heterocycles. The van der Waals surface area contributed by atoms with Gasteiger partial charge in [-0.05, 0) is 35.7 Å². The zero-order valence-electron chi connectivity index (χ0n) is 14.2. The third-order valence-electron chi connectivity index (χ3n) is 3.45. The standard InChI is InChI=1S/C19H13FN4O3S/c20-17-12-15(24(26)27)7-9-18(17)22-23-19(25)21-14-4-1-3-13(11-14)6-8-16-5-2-10-28-16/h1-5,7,9-12,22H,(H2,21,23,25). The number of halogens is 1. The molecule has 3 N–H and O–H groups in total. The van der Waals surface area contributed by atoms with Crippen molar-refractivity contribution in [2.45, 2.75) is 0 Å². The van der Waals surface area contributed by atoms with E-state index >= 15 is 0 Å². The molecule has 0 spiro atoms. The Kier molecular flexibility index (Phi) is 5.84. The number of benzene rings is 2. The highest BCUT2D eigenvalue weighted by Crippen LogP contribution is 2.19. The lowest BCUT2D eigenvalue weighted by Gasteiger charge is -2.10. The predicted octanol–water partition coefficient (Wildman–Crippen LogP) is 4.34. The molecule has 1 heterocycles. The average Bonchev–Trinajstić information content (AvgIpc) is 3.19. The van der Waals surface area contributed by atoms with Gasteiger partial charge < -0.3 is 5.32 Å². The molecule has 0 bridgehead atoms. The van der Waals surface area contributed by atoms with E-state index in [4.69, 9.17) is 0 Å². The van der Waals surface area contributed by atoms with Gasteiger partial charge in [-0.15, -0.1) is 11.3 Å². The molecular formula is C19H13FN4O3S. The minimum atomic E-state index is -0.861. The average molecular weight is 396 g/mol. The molecule has 2 amide bonds. The summed E-state index contributed by atoms with van der Waals surface area (Å²) in [6, 6.07) is 13.2. The molecule has 0 saturated carbocycles. The van der Waals surface area contributed by atoms with Crippen LogP contribution in [0.15, 0.2) is 60.0 Å². The fourth-order valence-electron chi connectivity index (χ4n) is 2.16. The lowest BCUT2D eigenvalue weighted by Crippen LogP contribution is -2.33. The minimum absolute atomic E-state index is 0.101. The Morgan fingerprint density at radius 2 is 1.96 bits per heavy atom. The number of thiophene rings is 1. The number of carbonyl (C=O) groups is 1. The van der Waals surface area contributed by atoms with Crippen molar-refractivity contribution < 1.29 is 14.1 Å². The summed E-state index contributed by atoms with van der Waals surface area (Å²) in [6.45, 7) is 0. The number of hydrogen-bond acceptors (Lipinski definition) is 5. The number of nitro groups is 1. The summed E-state index contributed by atoms with van der Waals surface area (Å²) in [7, 11) is 0. The monoisotopic (exact) mass is 396 g/mol. The first-order chi connectivity index (χ1) is 13.5. The highest BCUT2D eigenvalue weighted by atomic mass is 32.1. The van der Waals surface area contributed by atoms with Crippen LogP contribution >= 0.6 is 11.3 Å². The molecule has 3 aromatic rings. The van der Waals surface area contributed by atoms with Crippen molar-refractivity contribution in [2.75, 3.05) is 10.7 Å². The zero-order chi connectivity index (χ0) is 19.9. The van der Waals surface area contributed by atoms with Crippen molar-refractivity contribution in [3.63, 3.8) is 0 Å². The van der Waals surface area contributed by atoms with Crippen LogP contribution in [0.2, 0.25) is 0 Å². The van der Waals surface area contributed by atoms with Crippen LogP contribution in [0, 0.1) is 27.8 Å². The summed E-state index contributed by atoms with van der Waals surface area (Å²) >= 11 is 1.54. The number of nitrogens with zero attached hydrogens (tertiary/aromatic N) is 1. The second-order valence-corrected chi connectivity index (χ2v) is 6.38. The fourth-order valence-corrected chi connectivity index (χ4v) is 2.73. The maximum Gasteiger partial charge on any atom is 0.337 e. The molecule has 0 aliphatic carbocycles. The van der Waals surface area contributed by atoms with Crippen LogP contribution in [0.25, 0.3) is 0 Å². The van der Waals surface area contributed by atoms with Crippen molar-refractivity contribution in [3.05, 3.63) is 86.3 Å². The van der Waals surface area contributed by atoms with Gasteiger partial charge >= 0.3 is 6.03 Å². The van der Waals surface area contributed by atoms with Gasteiger partial charge in [-0.2, -0.15) is 0 Å². The van der Waals surface area contributed by atoms with E-state index in [0.717, 1.165) is 28.6 Å². The quantitative estimate of drug-likeness (QED) is 0.347. The summed E-state index contributed by atoms with van der Waals surface area (Å²) < 4.78 is 13.8. The normalized spacial score (nSPS) is 9.75. The van der Waals surface area contributed by atoms with Crippen LogP contribution in [0.3, 0.4) is 0 Å². The van der Waals surface area contributed by atoms with Crippen LogP contribution in [0.4, 0.5) is 26.2 Å². The van der Waals surface area contributed by atoms with Gasteiger partial charge in [-0.25, -0.2) is 9.18 Å². The second kappa shape index (κ2) is 8.66. The molecule has 0 aliphatic rings. The largest absolute Gasteiger partial charge is 0.337 e. The third kappa shape index (κ3) is 5.06. The van der Waals surface area contributed by atoms with Crippen molar-refractivity contribution in [1.82, 2.24) is 5.43 Å². The molecule has 1 aromatic heterocycles.